The van der Waals surface area contributed by atoms with Crippen molar-refractivity contribution in [2.75, 3.05) is 37.0 Å². The number of benzene rings is 3. The van der Waals surface area contributed by atoms with Gasteiger partial charge in [-0.25, -0.2) is 0 Å². The highest BCUT2D eigenvalue weighted by molar-refractivity contribution is 6.00. The van der Waals surface area contributed by atoms with Crippen LogP contribution in [-0.4, -0.2) is 72.9 Å². The Labute approximate surface area is 265 Å². The van der Waals surface area contributed by atoms with Crippen molar-refractivity contribution in [2.45, 2.75) is 64.1 Å². The molecule has 0 bridgehead atoms. The quantitative estimate of drug-likeness (QED) is 0.169. The summed E-state index contributed by atoms with van der Waals surface area (Å²) in [6.07, 6.45) is 1.67. The molecule has 1 heterocycles. The van der Waals surface area contributed by atoms with Crippen LogP contribution in [0.25, 0.3) is 0 Å². The van der Waals surface area contributed by atoms with Crippen molar-refractivity contribution < 1.29 is 29.3 Å². The van der Waals surface area contributed by atoms with Gasteiger partial charge in [0.25, 0.3) is 12.4 Å². The number of rotatable bonds is 14. The summed E-state index contributed by atoms with van der Waals surface area (Å²) >= 11 is 0. The zero-order valence-corrected chi connectivity index (χ0v) is 26.6. The highest BCUT2D eigenvalue weighted by Gasteiger charge is 2.27. The Morgan fingerprint density at radius 3 is 2.42 bits per heavy atom. The van der Waals surface area contributed by atoms with E-state index in [0.29, 0.717) is 43.7 Å². The lowest BCUT2D eigenvalue weighted by atomic mass is 9.93. The van der Waals surface area contributed by atoms with Gasteiger partial charge in [-0.05, 0) is 81.5 Å². The average molecular weight is 619 g/mol. The molecule has 3 aromatic rings. The molecule has 0 radical (unpaired) electrons. The number of nitrogens with one attached hydrogen (secondary N) is 3. The third kappa shape index (κ3) is 10.9. The molecule has 10 nitrogen and oxygen atoms in total. The number of carboxylic acid groups (broad SMARTS) is 1. The molecule has 0 aliphatic carbocycles. The summed E-state index contributed by atoms with van der Waals surface area (Å²) in [5.41, 5.74) is 3.76. The molecule has 45 heavy (non-hydrogen) atoms. The van der Waals surface area contributed by atoms with Crippen LogP contribution in [0.3, 0.4) is 0 Å². The van der Waals surface area contributed by atoms with E-state index in [2.05, 4.69) is 35.9 Å². The summed E-state index contributed by atoms with van der Waals surface area (Å²) in [6.45, 7) is 7.55. The van der Waals surface area contributed by atoms with E-state index in [1.54, 1.807) is 24.1 Å². The fraction of sp³-hybridized carbons (Fsp3) is 0.400. The molecule has 0 aromatic heterocycles. The summed E-state index contributed by atoms with van der Waals surface area (Å²) in [6, 6.07) is 22.7. The van der Waals surface area contributed by atoms with Crippen LogP contribution >= 0.6 is 0 Å². The summed E-state index contributed by atoms with van der Waals surface area (Å²) < 4.78 is 5.37. The summed E-state index contributed by atoms with van der Waals surface area (Å²) in [7, 11) is 1.66. The largest absolute Gasteiger partial charge is 0.497 e. The van der Waals surface area contributed by atoms with Gasteiger partial charge in [0.05, 0.1) is 19.3 Å². The fourth-order valence-electron chi connectivity index (χ4n) is 5.41. The first-order valence-corrected chi connectivity index (χ1v) is 15.3. The molecule has 1 saturated heterocycles. The minimum absolute atomic E-state index is 0.0648. The Morgan fingerprint density at radius 1 is 1.07 bits per heavy atom. The monoisotopic (exact) mass is 618 g/mol. The van der Waals surface area contributed by atoms with E-state index in [1.807, 2.05) is 61.5 Å². The number of carbonyl (C=O) groups is 3. The molecule has 1 fully saturated rings. The molecule has 2 amide bonds. The van der Waals surface area contributed by atoms with E-state index in [1.165, 1.54) is 0 Å². The minimum Gasteiger partial charge on any atom is -0.497 e. The fourth-order valence-corrected chi connectivity index (χ4v) is 5.41. The Kier molecular flexibility index (Phi) is 13.4. The average Bonchev–Trinajstić information content (AvgIpc) is 3.46. The molecule has 0 spiro atoms. The number of hydrogen-bond acceptors (Lipinski definition) is 7. The maximum absolute atomic E-state index is 13.7. The van der Waals surface area contributed by atoms with Gasteiger partial charge in [-0.15, -0.1) is 0 Å². The van der Waals surface area contributed by atoms with Gasteiger partial charge in [-0.3, -0.25) is 14.4 Å². The predicted molar refractivity (Wildman–Crippen MR) is 177 cm³/mol. The number of aliphatic hydroxyl groups is 1. The molecule has 0 saturated carbocycles. The van der Waals surface area contributed by atoms with Crippen molar-refractivity contribution in [3.8, 4) is 5.75 Å². The minimum atomic E-state index is -0.852. The predicted octanol–water partition coefficient (Wildman–Crippen LogP) is 4.27. The lowest BCUT2D eigenvalue weighted by Gasteiger charge is -2.31. The van der Waals surface area contributed by atoms with Crippen LogP contribution in [0.1, 0.15) is 55.1 Å². The first kappa shape index (κ1) is 35.1. The number of ether oxygens (including phenoxy) is 1. The molecule has 1 aliphatic rings. The zero-order valence-electron chi connectivity index (χ0n) is 26.6. The van der Waals surface area contributed by atoms with Crippen LogP contribution in [0, 0.1) is 0 Å². The number of hydrogen-bond donors (Lipinski definition) is 5. The number of β-amino-alcohol motifs (C(OH)–C–C–N with tert-alkyl or cyclic N) is 1. The molecular weight excluding hydrogens is 572 g/mol. The van der Waals surface area contributed by atoms with Gasteiger partial charge in [-0.2, -0.15) is 0 Å². The Hall–Kier alpha value is -4.41. The van der Waals surface area contributed by atoms with Crippen LogP contribution in [-0.2, 0) is 22.4 Å². The highest BCUT2D eigenvalue weighted by Crippen LogP contribution is 2.27. The lowest BCUT2D eigenvalue weighted by Crippen LogP contribution is -2.52. The van der Waals surface area contributed by atoms with E-state index < -0.39 is 12.1 Å². The molecule has 1 aliphatic heterocycles. The first-order chi connectivity index (χ1) is 21.6. The topological polar surface area (TPSA) is 140 Å². The Morgan fingerprint density at radius 2 is 1.78 bits per heavy atom. The van der Waals surface area contributed by atoms with Gasteiger partial charge >= 0.3 is 0 Å². The SMILES string of the molecule is CCNc1cc(C(=O)N[C@@H](Cc2ccccc2)[C@H](O)CNC(C)(C)Cc2cccc(OC)c2)cc(N2CCCC2=O)c1.O=CO. The second kappa shape index (κ2) is 17.2. The summed E-state index contributed by atoms with van der Waals surface area (Å²) in [4.78, 5) is 36.2. The van der Waals surface area contributed by atoms with Crippen molar-refractivity contribution in [1.29, 1.82) is 0 Å². The van der Waals surface area contributed by atoms with Crippen LogP contribution in [0.15, 0.2) is 72.8 Å². The van der Waals surface area contributed by atoms with E-state index >= 15 is 0 Å². The molecule has 4 rings (SSSR count). The van der Waals surface area contributed by atoms with Crippen molar-refractivity contribution >= 4 is 29.7 Å². The Balaban J connectivity index is 0.00000177. The second-order valence-corrected chi connectivity index (χ2v) is 11.7. The Bertz CT molecular complexity index is 1400. The molecule has 0 unspecified atom stereocenters. The van der Waals surface area contributed by atoms with E-state index in [0.717, 1.165) is 35.4 Å². The van der Waals surface area contributed by atoms with Crippen molar-refractivity contribution in [3.63, 3.8) is 0 Å². The molecule has 242 valence electrons. The third-order valence-electron chi connectivity index (χ3n) is 7.60. The molecular formula is C35H46N4O6. The molecule has 5 N–H and O–H groups in total. The van der Waals surface area contributed by atoms with Crippen LogP contribution in [0.5, 0.6) is 5.75 Å². The van der Waals surface area contributed by atoms with Crippen LogP contribution in [0.4, 0.5) is 11.4 Å². The van der Waals surface area contributed by atoms with Gasteiger partial charge < -0.3 is 35.8 Å². The van der Waals surface area contributed by atoms with Crippen molar-refractivity contribution in [2.24, 2.45) is 0 Å². The third-order valence-corrected chi connectivity index (χ3v) is 7.60. The van der Waals surface area contributed by atoms with Crippen LogP contribution in [0.2, 0.25) is 0 Å². The number of aliphatic hydroxyl groups excluding tert-OH is 1. The van der Waals surface area contributed by atoms with E-state index in [9.17, 15) is 14.7 Å². The van der Waals surface area contributed by atoms with Crippen molar-refractivity contribution in [3.05, 3.63) is 89.5 Å². The number of methoxy groups -OCH3 is 1. The summed E-state index contributed by atoms with van der Waals surface area (Å²) in [5, 5.41) is 28.2. The van der Waals surface area contributed by atoms with Crippen molar-refractivity contribution in [1.82, 2.24) is 10.6 Å². The molecule has 10 heteroatoms. The smallest absolute Gasteiger partial charge is 0.290 e. The van der Waals surface area contributed by atoms with Gasteiger partial charge in [0, 0.05) is 48.5 Å². The zero-order chi connectivity index (χ0) is 32.8. The second-order valence-electron chi connectivity index (χ2n) is 11.7. The lowest BCUT2D eigenvalue weighted by molar-refractivity contribution is -0.123. The van der Waals surface area contributed by atoms with Gasteiger partial charge in [0.1, 0.15) is 5.75 Å². The maximum atomic E-state index is 13.7. The molecule has 3 aromatic carbocycles. The number of nitrogens with zero attached hydrogens (tertiary/aromatic N) is 1. The molecule has 2 atom stereocenters. The normalized spacial score (nSPS) is 14.2. The summed E-state index contributed by atoms with van der Waals surface area (Å²) in [5.74, 6) is 0.581. The van der Waals surface area contributed by atoms with Gasteiger partial charge in [-0.1, -0.05) is 42.5 Å². The maximum Gasteiger partial charge on any atom is 0.290 e. The van der Waals surface area contributed by atoms with E-state index in [4.69, 9.17) is 14.6 Å². The highest BCUT2D eigenvalue weighted by atomic mass is 16.5. The number of anilines is 2. The van der Waals surface area contributed by atoms with Crippen LogP contribution < -0.4 is 25.6 Å². The number of amides is 2. The van der Waals surface area contributed by atoms with Gasteiger partial charge in [0.2, 0.25) is 5.91 Å². The standard InChI is InChI=1S/C34H44N4O4.CH2O2/c1-5-35-27-19-26(20-28(21-27)38-16-10-15-32(38)40)33(41)37-30(18-24-11-7-6-8-12-24)31(39)23-36-34(2,3)22-25-13-9-14-29(17-25)42-4;2-1-3/h6-9,11-14,17,19-21,30-31,35-36,39H,5,10,15-16,18,22-23H2,1-4H3,(H,37,41);1H,(H,2,3)/t30-,31+;/m0./s1. The first-order valence-electron chi connectivity index (χ1n) is 15.3. The van der Waals surface area contributed by atoms with Gasteiger partial charge in [0.15, 0.2) is 0 Å². The number of carbonyl (C=O) groups excluding carboxylic acids is 2. The van der Waals surface area contributed by atoms with E-state index in [-0.39, 0.29) is 23.8 Å².